The molecule has 3 aromatic heterocycles. The number of rotatable bonds is 7. The first-order valence-electron chi connectivity index (χ1n) is 12.0. The predicted molar refractivity (Wildman–Crippen MR) is 147 cm³/mol. The smallest absolute Gasteiger partial charge is 0.274 e. The van der Waals surface area contributed by atoms with Gasteiger partial charge in [0.25, 0.3) is 5.91 Å². The molecule has 1 amide bonds. The molecule has 1 fully saturated rings. The molecule has 5 rings (SSSR count). The third-order valence-electron chi connectivity index (χ3n) is 6.36. The Morgan fingerprint density at radius 2 is 1.84 bits per heavy atom. The van der Waals surface area contributed by atoms with Gasteiger partial charge in [0, 0.05) is 43.4 Å². The number of aryl methyl sites for hydroxylation is 3. The molecule has 9 heteroatoms. The van der Waals surface area contributed by atoms with Gasteiger partial charge < -0.3 is 10.2 Å². The van der Waals surface area contributed by atoms with Crippen LogP contribution < -0.4 is 5.32 Å². The van der Waals surface area contributed by atoms with Gasteiger partial charge in [0.2, 0.25) is 5.95 Å². The molecule has 1 aromatic carbocycles. The number of aromatic nitrogens is 4. The summed E-state index contributed by atoms with van der Waals surface area (Å²) in [5.74, 6) is 0.469. The number of benzene rings is 1. The van der Waals surface area contributed by atoms with E-state index in [9.17, 15) is 9.59 Å². The number of nitrogens with zero attached hydrogens (tertiary/aromatic N) is 5. The van der Waals surface area contributed by atoms with E-state index in [4.69, 9.17) is 0 Å². The summed E-state index contributed by atoms with van der Waals surface area (Å²) >= 11 is 1.42. The van der Waals surface area contributed by atoms with Crippen LogP contribution in [0.3, 0.4) is 0 Å². The molecule has 0 spiro atoms. The minimum absolute atomic E-state index is 0. The Morgan fingerprint density at radius 1 is 1.11 bits per heavy atom. The molecule has 192 valence electrons. The first-order valence-corrected chi connectivity index (χ1v) is 12.8. The molecule has 1 saturated heterocycles. The quantitative estimate of drug-likeness (QED) is 0.321. The number of amides is 1. The van der Waals surface area contributed by atoms with Crippen LogP contribution in [-0.2, 0) is 0 Å². The molecule has 0 radical (unpaired) electrons. The van der Waals surface area contributed by atoms with E-state index in [2.05, 4.69) is 31.3 Å². The van der Waals surface area contributed by atoms with Crippen molar-refractivity contribution in [3.8, 4) is 0 Å². The number of Topliss-reactive ketones (excluding diaryl/α,β-unsaturated/α-hetero) is 1. The topological polar surface area (TPSA) is 101 Å². The zero-order valence-electron chi connectivity index (χ0n) is 20.8. The fourth-order valence-corrected chi connectivity index (χ4v) is 5.42. The number of pyridine rings is 1. The summed E-state index contributed by atoms with van der Waals surface area (Å²) in [7, 11) is 0. The van der Waals surface area contributed by atoms with Crippen molar-refractivity contribution in [3.05, 3.63) is 75.7 Å². The van der Waals surface area contributed by atoms with Crippen LogP contribution in [0.25, 0.3) is 10.3 Å². The number of hydrogen-bond acceptors (Lipinski definition) is 8. The highest BCUT2D eigenvalue weighted by Crippen LogP contribution is 2.30. The maximum absolute atomic E-state index is 13.4. The van der Waals surface area contributed by atoms with E-state index < -0.39 is 0 Å². The van der Waals surface area contributed by atoms with E-state index in [1.54, 1.807) is 17.3 Å². The van der Waals surface area contributed by atoms with Gasteiger partial charge in [0.15, 0.2) is 17.1 Å². The molecule has 4 heterocycles. The first kappa shape index (κ1) is 26.3. The molecular weight excluding hydrogens is 484 g/mol. The molecule has 1 aliphatic rings. The van der Waals surface area contributed by atoms with Gasteiger partial charge >= 0.3 is 0 Å². The van der Waals surface area contributed by atoms with Crippen molar-refractivity contribution in [2.75, 3.05) is 18.4 Å². The lowest BCUT2D eigenvalue weighted by atomic mass is 9.90. The number of likely N-dealkylation sites (tertiary alicyclic amines) is 1. The second kappa shape index (κ2) is 10.7. The lowest BCUT2D eigenvalue weighted by molar-refractivity contribution is 0.0466. The molecule has 1 N–H and O–H groups in total. The summed E-state index contributed by atoms with van der Waals surface area (Å²) in [6.45, 7) is 8.95. The third-order valence-corrected chi connectivity index (χ3v) is 7.32. The molecule has 4 aromatic rings. The fourth-order valence-electron chi connectivity index (χ4n) is 4.58. The number of nitrogens with one attached hydrogen (secondary N) is 1. The molecule has 0 aliphatic carbocycles. The molecule has 0 bridgehead atoms. The Balaban J connectivity index is 0.00000320. The molecule has 37 heavy (non-hydrogen) atoms. The minimum Gasteiger partial charge on any atom is -0.348 e. The van der Waals surface area contributed by atoms with Crippen molar-refractivity contribution in [1.29, 1.82) is 0 Å². The zero-order chi connectivity index (χ0) is 25.4. The standard InChI is InChI=1S/C27H28N6O2S.CH4/c1-15-8-16(2)10-21(9-15)22(34)11-19-13-33(14-19)26(35)23-24-25(30-18(4)36-24)32-27(31-23)29-17(3)20-6-5-7-28-12-20;/h5-10,12,17,19H,11,13-14H2,1-4H3,(H,29,31,32);1H4/t17-;/m0./s1. The van der Waals surface area contributed by atoms with Crippen LogP contribution in [0.5, 0.6) is 0 Å². The molecule has 1 atom stereocenters. The summed E-state index contributed by atoms with van der Waals surface area (Å²) in [6, 6.07) is 9.68. The van der Waals surface area contributed by atoms with Gasteiger partial charge in [-0.25, -0.2) is 9.97 Å². The van der Waals surface area contributed by atoms with Crippen molar-refractivity contribution in [3.63, 3.8) is 0 Å². The Labute approximate surface area is 221 Å². The number of carbonyl (C=O) groups is 2. The lowest BCUT2D eigenvalue weighted by Crippen LogP contribution is -2.50. The highest BCUT2D eigenvalue weighted by molar-refractivity contribution is 7.18. The average Bonchev–Trinajstić information content (AvgIpc) is 3.20. The largest absolute Gasteiger partial charge is 0.348 e. The number of anilines is 1. The summed E-state index contributed by atoms with van der Waals surface area (Å²) < 4.78 is 0.687. The predicted octanol–water partition coefficient (Wildman–Crippen LogP) is 5.56. The average molecular weight is 517 g/mol. The SMILES string of the molecule is C.Cc1cc(C)cc(C(=O)CC2CN(C(=O)c3nc(N[C@@H](C)c4cccnc4)nc4nc(C)sc34)C2)c1. The van der Waals surface area contributed by atoms with Crippen molar-refractivity contribution < 1.29 is 9.59 Å². The third kappa shape index (κ3) is 5.67. The fraction of sp³-hybridized carbons (Fsp3) is 0.357. The maximum atomic E-state index is 13.4. The second-order valence-corrected chi connectivity index (χ2v) is 10.7. The molecular formula is C28H32N6O2S. The van der Waals surface area contributed by atoms with Crippen molar-refractivity contribution in [2.45, 2.75) is 47.6 Å². The van der Waals surface area contributed by atoms with Crippen LogP contribution >= 0.6 is 11.3 Å². The number of fused-ring (bicyclic) bond motifs is 1. The maximum Gasteiger partial charge on any atom is 0.274 e. The van der Waals surface area contributed by atoms with Gasteiger partial charge in [0.1, 0.15) is 4.70 Å². The zero-order valence-corrected chi connectivity index (χ0v) is 21.6. The second-order valence-electron chi connectivity index (χ2n) is 9.51. The van der Waals surface area contributed by atoms with Gasteiger partial charge in [-0.1, -0.05) is 30.7 Å². The van der Waals surface area contributed by atoms with Gasteiger partial charge in [-0.2, -0.15) is 4.98 Å². The van der Waals surface area contributed by atoms with Crippen LogP contribution in [-0.4, -0.2) is 49.6 Å². The van der Waals surface area contributed by atoms with Gasteiger partial charge in [-0.3, -0.25) is 14.6 Å². The van der Waals surface area contributed by atoms with Gasteiger partial charge in [-0.15, -0.1) is 11.3 Å². The van der Waals surface area contributed by atoms with Crippen molar-refractivity contribution in [2.24, 2.45) is 5.92 Å². The van der Waals surface area contributed by atoms with E-state index in [0.717, 1.165) is 27.3 Å². The highest BCUT2D eigenvalue weighted by Gasteiger charge is 2.35. The first-order chi connectivity index (χ1) is 17.3. The van der Waals surface area contributed by atoms with Crippen LogP contribution in [0.4, 0.5) is 5.95 Å². The van der Waals surface area contributed by atoms with Gasteiger partial charge in [0.05, 0.1) is 11.0 Å². The van der Waals surface area contributed by atoms with Crippen molar-refractivity contribution in [1.82, 2.24) is 24.8 Å². The number of thiazole rings is 1. The Bertz CT molecular complexity index is 1430. The van der Waals surface area contributed by atoms with Crippen LogP contribution in [0.2, 0.25) is 0 Å². The summed E-state index contributed by atoms with van der Waals surface area (Å²) in [5.41, 5.74) is 4.76. The number of hydrogen-bond donors (Lipinski definition) is 1. The van der Waals surface area contributed by atoms with E-state index in [0.29, 0.717) is 41.5 Å². The van der Waals surface area contributed by atoms with E-state index in [1.807, 2.05) is 52.0 Å². The lowest BCUT2D eigenvalue weighted by Gasteiger charge is -2.38. The van der Waals surface area contributed by atoms with Crippen LogP contribution in [0, 0.1) is 26.7 Å². The van der Waals surface area contributed by atoms with Crippen LogP contribution in [0.1, 0.15) is 69.4 Å². The molecule has 8 nitrogen and oxygen atoms in total. The minimum atomic E-state index is -0.154. The summed E-state index contributed by atoms with van der Waals surface area (Å²) in [4.78, 5) is 45.8. The number of carbonyl (C=O) groups excluding carboxylic acids is 2. The Morgan fingerprint density at radius 3 is 2.51 bits per heavy atom. The monoisotopic (exact) mass is 516 g/mol. The van der Waals surface area contributed by atoms with Crippen LogP contribution in [0.15, 0.2) is 42.7 Å². The van der Waals surface area contributed by atoms with E-state index in [1.165, 1.54) is 11.3 Å². The van der Waals surface area contributed by atoms with Crippen molar-refractivity contribution >= 4 is 39.3 Å². The highest BCUT2D eigenvalue weighted by atomic mass is 32.1. The normalized spacial score (nSPS) is 14.1. The summed E-state index contributed by atoms with van der Waals surface area (Å²) in [5, 5.41) is 4.10. The number of ketones is 1. The Kier molecular flexibility index (Phi) is 7.63. The van der Waals surface area contributed by atoms with E-state index >= 15 is 0 Å². The summed E-state index contributed by atoms with van der Waals surface area (Å²) in [6.07, 6.45) is 3.94. The molecule has 0 unspecified atom stereocenters. The Hall–Kier alpha value is -3.72. The molecule has 1 aliphatic heterocycles. The van der Waals surface area contributed by atoms with Gasteiger partial charge in [-0.05, 0) is 51.5 Å². The molecule has 0 saturated carbocycles. The van der Waals surface area contributed by atoms with E-state index in [-0.39, 0.29) is 31.1 Å².